The maximum Gasteiger partial charge on any atom is 0.417 e. The SMILES string of the molecule is O=c1[nH]c2cc(Cl)c([N+](=O)[O-])cc2o1. The number of nitro benzene ring substituents is 1. The average Bonchev–Trinajstić information content (AvgIpc) is 2.42. The van der Waals surface area contributed by atoms with Crippen LogP contribution in [0.2, 0.25) is 5.02 Å². The number of oxazole rings is 1. The maximum atomic E-state index is 10.7. The van der Waals surface area contributed by atoms with Crippen LogP contribution in [-0.2, 0) is 0 Å². The molecule has 2 rings (SSSR count). The molecule has 0 bridgehead atoms. The molecule has 0 aliphatic rings. The second-order valence-corrected chi connectivity index (χ2v) is 2.98. The molecule has 0 atom stereocenters. The summed E-state index contributed by atoms with van der Waals surface area (Å²) in [5.41, 5.74) is 0.165. The van der Waals surface area contributed by atoms with Gasteiger partial charge in [-0.1, -0.05) is 11.6 Å². The third kappa shape index (κ3) is 1.25. The summed E-state index contributed by atoms with van der Waals surface area (Å²) in [5, 5.41) is 10.4. The van der Waals surface area contributed by atoms with Crippen molar-refractivity contribution in [2.45, 2.75) is 0 Å². The summed E-state index contributed by atoms with van der Waals surface area (Å²) >= 11 is 5.60. The van der Waals surface area contributed by atoms with E-state index in [4.69, 9.17) is 11.6 Å². The normalized spacial score (nSPS) is 10.6. The Balaban J connectivity index is 2.82. The van der Waals surface area contributed by atoms with Crippen LogP contribution in [0.4, 0.5) is 5.69 Å². The number of aromatic nitrogens is 1. The van der Waals surface area contributed by atoms with Crippen molar-refractivity contribution >= 4 is 28.4 Å². The van der Waals surface area contributed by atoms with Gasteiger partial charge >= 0.3 is 5.76 Å². The number of nitro groups is 1. The zero-order chi connectivity index (χ0) is 10.3. The number of rotatable bonds is 1. The van der Waals surface area contributed by atoms with Gasteiger partial charge in [0, 0.05) is 0 Å². The summed E-state index contributed by atoms with van der Waals surface area (Å²) in [6.07, 6.45) is 0. The minimum atomic E-state index is -0.670. The molecule has 0 amide bonds. The second kappa shape index (κ2) is 2.85. The van der Waals surface area contributed by atoms with Gasteiger partial charge in [0.25, 0.3) is 5.69 Å². The Kier molecular flexibility index (Phi) is 1.78. The first-order valence-electron chi connectivity index (χ1n) is 3.54. The second-order valence-electron chi connectivity index (χ2n) is 2.57. The summed E-state index contributed by atoms with van der Waals surface area (Å²) < 4.78 is 4.64. The molecule has 0 aliphatic carbocycles. The topological polar surface area (TPSA) is 89.1 Å². The first kappa shape index (κ1) is 8.76. The fourth-order valence-electron chi connectivity index (χ4n) is 1.10. The van der Waals surface area contributed by atoms with E-state index in [0.717, 1.165) is 6.07 Å². The van der Waals surface area contributed by atoms with Crippen LogP contribution in [0.25, 0.3) is 11.1 Å². The lowest BCUT2D eigenvalue weighted by atomic mass is 10.3. The Morgan fingerprint density at radius 3 is 2.86 bits per heavy atom. The minimum Gasteiger partial charge on any atom is -0.408 e. The molecule has 0 saturated carbocycles. The first-order chi connectivity index (χ1) is 6.58. The molecule has 0 fully saturated rings. The number of nitrogens with zero attached hydrogens (tertiary/aromatic N) is 1. The number of H-pyrrole nitrogens is 1. The largest absolute Gasteiger partial charge is 0.417 e. The summed E-state index contributed by atoms with van der Waals surface area (Å²) in [5.74, 6) is -0.670. The summed E-state index contributed by atoms with van der Waals surface area (Å²) in [6.45, 7) is 0. The molecule has 2 aromatic rings. The van der Waals surface area contributed by atoms with Crippen LogP contribution in [0.3, 0.4) is 0 Å². The van der Waals surface area contributed by atoms with Crippen LogP contribution in [0, 0.1) is 10.1 Å². The van der Waals surface area contributed by atoms with E-state index in [9.17, 15) is 14.9 Å². The Labute approximate surface area is 81.2 Å². The van der Waals surface area contributed by atoms with E-state index in [1.807, 2.05) is 0 Å². The minimum absolute atomic E-state index is 0.0421. The van der Waals surface area contributed by atoms with Gasteiger partial charge < -0.3 is 4.42 Å². The van der Waals surface area contributed by atoms with Gasteiger partial charge in [-0.3, -0.25) is 15.1 Å². The molecule has 0 unspecified atom stereocenters. The highest BCUT2D eigenvalue weighted by molar-refractivity contribution is 6.33. The van der Waals surface area contributed by atoms with Crippen LogP contribution >= 0.6 is 11.6 Å². The van der Waals surface area contributed by atoms with Crippen molar-refractivity contribution in [2.24, 2.45) is 0 Å². The predicted molar refractivity (Wildman–Crippen MR) is 48.5 cm³/mol. The molecule has 1 aromatic heterocycles. The highest BCUT2D eigenvalue weighted by Gasteiger charge is 2.15. The fourth-order valence-corrected chi connectivity index (χ4v) is 1.33. The molecule has 1 aromatic carbocycles. The van der Waals surface area contributed by atoms with E-state index in [2.05, 4.69) is 9.40 Å². The molecule has 1 heterocycles. The number of nitrogens with one attached hydrogen (secondary N) is 1. The van der Waals surface area contributed by atoms with Crippen LogP contribution < -0.4 is 5.76 Å². The average molecular weight is 215 g/mol. The number of aromatic amines is 1. The summed E-state index contributed by atoms with van der Waals surface area (Å²) in [6, 6.07) is 2.38. The molecule has 0 saturated heterocycles. The molecule has 0 aliphatic heterocycles. The molecule has 6 nitrogen and oxygen atoms in total. The number of halogens is 1. The monoisotopic (exact) mass is 214 g/mol. The van der Waals surface area contributed by atoms with Crippen molar-refractivity contribution in [1.82, 2.24) is 4.98 Å². The molecule has 0 radical (unpaired) electrons. The van der Waals surface area contributed by atoms with Crippen molar-refractivity contribution in [2.75, 3.05) is 0 Å². The number of benzene rings is 1. The van der Waals surface area contributed by atoms with Gasteiger partial charge in [0.15, 0.2) is 5.58 Å². The van der Waals surface area contributed by atoms with Crippen LogP contribution in [0.5, 0.6) is 0 Å². The van der Waals surface area contributed by atoms with Crippen LogP contribution in [-0.4, -0.2) is 9.91 Å². The van der Waals surface area contributed by atoms with Gasteiger partial charge in [0.05, 0.1) is 16.5 Å². The van der Waals surface area contributed by atoms with E-state index < -0.39 is 10.7 Å². The van der Waals surface area contributed by atoms with Gasteiger partial charge in [0.1, 0.15) is 5.02 Å². The molecule has 0 spiro atoms. The lowest BCUT2D eigenvalue weighted by molar-refractivity contribution is -0.384. The van der Waals surface area contributed by atoms with Gasteiger partial charge in [-0.05, 0) is 6.07 Å². The van der Waals surface area contributed by atoms with Crippen molar-refractivity contribution in [3.05, 3.63) is 37.8 Å². The van der Waals surface area contributed by atoms with E-state index in [0.29, 0.717) is 5.52 Å². The maximum absolute atomic E-state index is 10.7. The highest BCUT2D eigenvalue weighted by atomic mass is 35.5. The van der Waals surface area contributed by atoms with E-state index in [1.165, 1.54) is 6.07 Å². The highest BCUT2D eigenvalue weighted by Crippen LogP contribution is 2.28. The van der Waals surface area contributed by atoms with Crippen molar-refractivity contribution in [3.8, 4) is 0 Å². The zero-order valence-corrected chi connectivity index (χ0v) is 7.37. The Morgan fingerprint density at radius 2 is 2.21 bits per heavy atom. The Morgan fingerprint density at radius 1 is 1.50 bits per heavy atom. The molecular formula is C7H3ClN2O4. The van der Waals surface area contributed by atoms with E-state index in [-0.39, 0.29) is 16.3 Å². The smallest absolute Gasteiger partial charge is 0.408 e. The van der Waals surface area contributed by atoms with Crippen molar-refractivity contribution < 1.29 is 9.34 Å². The molecule has 72 valence electrons. The van der Waals surface area contributed by atoms with Crippen LogP contribution in [0.1, 0.15) is 0 Å². The molecule has 1 N–H and O–H groups in total. The van der Waals surface area contributed by atoms with Gasteiger partial charge in [0.2, 0.25) is 0 Å². The third-order valence-electron chi connectivity index (χ3n) is 1.69. The number of hydrogen-bond acceptors (Lipinski definition) is 4. The van der Waals surface area contributed by atoms with Gasteiger partial charge in [-0.2, -0.15) is 0 Å². The Hall–Kier alpha value is -1.82. The first-order valence-corrected chi connectivity index (χ1v) is 3.92. The molecule has 14 heavy (non-hydrogen) atoms. The fraction of sp³-hybridized carbons (Fsp3) is 0. The van der Waals surface area contributed by atoms with Crippen LogP contribution in [0.15, 0.2) is 21.3 Å². The lowest BCUT2D eigenvalue weighted by Crippen LogP contribution is -1.92. The zero-order valence-electron chi connectivity index (χ0n) is 6.61. The Bertz CT molecular complexity index is 571. The van der Waals surface area contributed by atoms with E-state index in [1.54, 1.807) is 0 Å². The summed E-state index contributed by atoms with van der Waals surface area (Å²) in [4.78, 5) is 22.9. The van der Waals surface area contributed by atoms with E-state index >= 15 is 0 Å². The number of fused-ring (bicyclic) bond motifs is 1. The van der Waals surface area contributed by atoms with Gasteiger partial charge in [-0.15, -0.1) is 0 Å². The van der Waals surface area contributed by atoms with Crippen molar-refractivity contribution in [3.63, 3.8) is 0 Å². The van der Waals surface area contributed by atoms with Crippen molar-refractivity contribution in [1.29, 1.82) is 0 Å². The molecular weight excluding hydrogens is 212 g/mol. The van der Waals surface area contributed by atoms with Gasteiger partial charge in [-0.25, -0.2) is 4.79 Å². The third-order valence-corrected chi connectivity index (χ3v) is 1.99. The summed E-state index contributed by atoms with van der Waals surface area (Å²) in [7, 11) is 0. The quantitative estimate of drug-likeness (QED) is 0.578. The molecule has 7 heteroatoms. The number of hydrogen-bond donors (Lipinski definition) is 1. The lowest BCUT2D eigenvalue weighted by Gasteiger charge is -1.93. The standard InChI is InChI=1S/C7H3ClN2O4/c8-3-1-4-6(14-7(11)9-4)2-5(3)10(12)13/h1-2H,(H,9,11). The predicted octanol–water partition coefficient (Wildman–Crippen LogP) is 1.68.